The molecule has 0 saturated heterocycles. The first-order valence-electron chi connectivity index (χ1n) is 3.46. The van der Waals surface area contributed by atoms with E-state index in [9.17, 15) is 13.6 Å². The second kappa shape index (κ2) is 3.85. The van der Waals surface area contributed by atoms with E-state index in [2.05, 4.69) is 4.98 Å². The van der Waals surface area contributed by atoms with Crippen molar-refractivity contribution in [2.75, 3.05) is 0 Å². The number of halogens is 3. The van der Waals surface area contributed by atoms with Crippen LogP contribution in [0, 0.1) is 0 Å². The first-order valence-corrected chi connectivity index (χ1v) is 3.84. The molecule has 0 bridgehead atoms. The molecule has 0 aliphatic carbocycles. The molecule has 1 aromatic heterocycles. The number of rotatable bonds is 2. The molecule has 0 amide bonds. The summed E-state index contributed by atoms with van der Waals surface area (Å²) in [7, 11) is 0. The van der Waals surface area contributed by atoms with Crippen molar-refractivity contribution in [3.63, 3.8) is 0 Å². The Labute approximate surface area is 77.5 Å². The van der Waals surface area contributed by atoms with E-state index in [1.807, 2.05) is 0 Å². The van der Waals surface area contributed by atoms with Crippen LogP contribution in [0.3, 0.4) is 0 Å². The van der Waals surface area contributed by atoms with Crippen molar-refractivity contribution in [2.45, 2.75) is 13.0 Å². The van der Waals surface area contributed by atoms with Gasteiger partial charge in [0, 0.05) is 18.3 Å². The van der Waals surface area contributed by atoms with Gasteiger partial charge in [-0.2, -0.15) is 0 Å². The van der Waals surface area contributed by atoms with E-state index in [4.69, 9.17) is 17.3 Å². The molecule has 3 nitrogen and oxygen atoms in total. The minimum atomic E-state index is -2.71. The van der Waals surface area contributed by atoms with E-state index in [-0.39, 0.29) is 17.1 Å². The third-order valence-electron chi connectivity index (χ3n) is 1.59. The lowest BCUT2D eigenvalue weighted by molar-refractivity contribution is 0.151. The number of alkyl halides is 2. The second-order valence-corrected chi connectivity index (χ2v) is 2.75. The average molecular weight is 209 g/mol. The largest absolute Gasteiger partial charge is 0.328 e. The van der Waals surface area contributed by atoms with Gasteiger partial charge in [0.25, 0.3) is 12.0 Å². The van der Waals surface area contributed by atoms with Crippen LogP contribution in [-0.4, -0.2) is 4.98 Å². The molecular weight excluding hydrogens is 202 g/mol. The lowest BCUT2D eigenvalue weighted by Gasteiger charge is -2.05. The summed E-state index contributed by atoms with van der Waals surface area (Å²) >= 11 is 5.53. The smallest absolute Gasteiger partial charge is 0.266 e. The van der Waals surface area contributed by atoms with Crippen molar-refractivity contribution < 1.29 is 8.78 Å². The SMILES string of the molecule is NCc1c(Cl)c(C(F)F)c[nH]c1=O. The van der Waals surface area contributed by atoms with Crippen LogP contribution in [0.25, 0.3) is 0 Å². The van der Waals surface area contributed by atoms with Crippen LogP contribution in [-0.2, 0) is 6.54 Å². The van der Waals surface area contributed by atoms with Gasteiger partial charge in [-0.1, -0.05) is 11.6 Å². The lowest BCUT2D eigenvalue weighted by Crippen LogP contribution is -2.17. The molecule has 1 aromatic rings. The van der Waals surface area contributed by atoms with Gasteiger partial charge in [-0.25, -0.2) is 8.78 Å². The molecule has 0 unspecified atom stereocenters. The highest BCUT2D eigenvalue weighted by Crippen LogP contribution is 2.26. The van der Waals surface area contributed by atoms with Crippen molar-refractivity contribution in [3.05, 3.63) is 32.7 Å². The fourth-order valence-electron chi connectivity index (χ4n) is 0.909. The van der Waals surface area contributed by atoms with Gasteiger partial charge in [0.1, 0.15) is 0 Å². The van der Waals surface area contributed by atoms with Crippen molar-refractivity contribution in [1.82, 2.24) is 4.98 Å². The monoisotopic (exact) mass is 208 g/mol. The minimum absolute atomic E-state index is 0.0144. The summed E-state index contributed by atoms with van der Waals surface area (Å²) in [6, 6.07) is 0. The van der Waals surface area contributed by atoms with Gasteiger partial charge >= 0.3 is 0 Å². The standard InChI is InChI=1S/C7H7ClF2N2O/c8-5-3(1-11)7(13)12-2-4(5)6(9)10/h2,6H,1,11H2,(H,12,13). The Morgan fingerprint density at radius 2 is 2.23 bits per heavy atom. The summed E-state index contributed by atoms with van der Waals surface area (Å²) in [5.41, 5.74) is 4.22. The third kappa shape index (κ3) is 1.87. The van der Waals surface area contributed by atoms with Gasteiger partial charge in [0.2, 0.25) is 0 Å². The first-order chi connectivity index (χ1) is 6.07. The van der Waals surface area contributed by atoms with Crippen molar-refractivity contribution in [2.24, 2.45) is 5.73 Å². The zero-order valence-corrected chi connectivity index (χ0v) is 7.24. The van der Waals surface area contributed by atoms with Gasteiger partial charge in [0.05, 0.1) is 10.6 Å². The summed E-state index contributed by atoms with van der Waals surface area (Å²) in [5, 5.41) is -0.249. The van der Waals surface area contributed by atoms with E-state index in [1.165, 1.54) is 0 Å². The van der Waals surface area contributed by atoms with Crippen molar-refractivity contribution >= 4 is 11.6 Å². The van der Waals surface area contributed by atoms with Crippen LogP contribution in [0.15, 0.2) is 11.0 Å². The molecule has 3 N–H and O–H groups in total. The number of nitrogens with one attached hydrogen (secondary N) is 1. The van der Waals surface area contributed by atoms with E-state index >= 15 is 0 Å². The molecule has 0 aliphatic rings. The van der Waals surface area contributed by atoms with Crippen LogP contribution < -0.4 is 11.3 Å². The zero-order chi connectivity index (χ0) is 10.0. The Kier molecular flexibility index (Phi) is 3.00. The van der Waals surface area contributed by atoms with E-state index < -0.39 is 17.5 Å². The van der Waals surface area contributed by atoms with Crippen LogP contribution >= 0.6 is 11.6 Å². The fraction of sp³-hybridized carbons (Fsp3) is 0.286. The van der Waals surface area contributed by atoms with Crippen LogP contribution in [0.1, 0.15) is 17.6 Å². The van der Waals surface area contributed by atoms with Crippen molar-refractivity contribution in [1.29, 1.82) is 0 Å². The number of aromatic amines is 1. The highest BCUT2D eigenvalue weighted by molar-refractivity contribution is 6.32. The van der Waals surface area contributed by atoms with Gasteiger partial charge in [-0.15, -0.1) is 0 Å². The molecule has 6 heteroatoms. The summed E-state index contributed by atoms with van der Waals surface area (Å²) < 4.78 is 24.5. The van der Waals surface area contributed by atoms with Crippen LogP contribution in [0.5, 0.6) is 0 Å². The molecule has 0 radical (unpaired) electrons. The summed E-state index contributed by atoms with van der Waals surface area (Å²) in [4.78, 5) is 13.1. The summed E-state index contributed by atoms with van der Waals surface area (Å²) in [6.45, 7) is -0.158. The van der Waals surface area contributed by atoms with Gasteiger partial charge in [-0.05, 0) is 0 Å². The quantitative estimate of drug-likeness (QED) is 0.772. The number of pyridine rings is 1. The molecule has 0 spiro atoms. The normalized spacial score (nSPS) is 10.8. The Hall–Kier alpha value is -0.940. The van der Waals surface area contributed by atoms with Gasteiger partial charge < -0.3 is 10.7 Å². The van der Waals surface area contributed by atoms with E-state index in [0.29, 0.717) is 0 Å². The molecule has 1 heterocycles. The molecule has 0 fully saturated rings. The number of hydrogen-bond donors (Lipinski definition) is 2. The number of nitrogens with two attached hydrogens (primary N) is 1. The maximum absolute atomic E-state index is 12.2. The maximum Gasteiger partial charge on any atom is 0.266 e. The average Bonchev–Trinajstić information content (AvgIpc) is 2.04. The summed E-state index contributed by atoms with van der Waals surface area (Å²) in [5.74, 6) is 0. The number of aromatic nitrogens is 1. The Balaban J connectivity index is 3.36. The second-order valence-electron chi connectivity index (χ2n) is 2.37. The molecule has 0 aromatic carbocycles. The predicted octanol–water partition coefficient (Wildman–Crippen LogP) is 1.42. The van der Waals surface area contributed by atoms with Crippen LogP contribution in [0.2, 0.25) is 5.02 Å². The zero-order valence-electron chi connectivity index (χ0n) is 6.48. The molecular formula is C7H7ClF2N2O. The minimum Gasteiger partial charge on any atom is -0.328 e. The molecule has 0 atom stereocenters. The highest BCUT2D eigenvalue weighted by Gasteiger charge is 2.16. The van der Waals surface area contributed by atoms with Gasteiger partial charge in [-0.3, -0.25) is 4.79 Å². The van der Waals surface area contributed by atoms with Gasteiger partial charge in [0.15, 0.2) is 0 Å². The number of hydrogen-bond acceptors (Lipinski definition) is 2. The Morgan fingerprint density at radius 3 is 2.69 bits per heavy atom. The fourth-order valence-corrected chi connectivity index (χ4v) is 1.21. The lowest BCUT2D eigenvalue weighted by atomic mass is 10.2. The predicted molar refractivity (Wildman–Crippen MR) is 44.9 cm³/mol. The van der Waals surface area contributed by atoms with Crippen molar-refractivity contribution in [3.8, 4) is 0 Å². The Bertz CT molecular complexity index is 364. The van der Waals surface area contributed by atoms with E-state index in [0.717, 1.165) is 6.20 Å². The maximum atomic E-state index is 12.2. The molecule has 0 aliphatic heterocycles. The first kappa shape index (κ1) is 10.1. The molecule has 72 valence electrons. The van der Waals surface area contributed by atoms with Crippen LogP contribution in [0.4, 0.5) is 8.78 Å². The van der Waals surface area contributed by atoms with E-state index in [1.54, 1.807) is 0 Å². The molecule has 1 rings (SSSR count). The topological polar surface area (TPSA) is 58.9 Å². The third-order valence-corrected chi connectivity index (χ3v) is 2.04. The number of H-pyrrole nitrogens is 1. The highest BCUT2D eigenvalue weighted by atomic mass is 35.5. The molecule has 0 saturated carbocycles. The Morgan fingerprint density at radius 1 is 1.62 bits per heavy atom. The summed E-state index contributed by atoms with van der Waals surface area (Å²) in [6.07, 6.45) is -1.82. The molecule has 13 heavy (non-hydrogen) atoms.